The minimum atomic E-state index is -0.255. The number of thioether (sulfide) groups is 1. The van der Waals surface area contributed by atoms with Crippen LogP contribution in [0.15, 0.2) is 52.4 Å². The molecular weight excluding hydrogens is 457 g/mol. The molecule has 0 fully saturated rings. The third-order valence-electron chi connectivity index (χ3n) is 4.75. The van der Waals surface area contributed by atoms with E-state index in [-0.39, 0.29) is 17.2 Å². The van der Waals surface area contributed by atoms with Gasteiger partial charge in [-0.25, -0.2) is 0 Å². The molecule has 0 bridgehead atoms. The summed E-state index contributed by atoms with van der Waals surface area (Å²) in [5, 5.41) is 13.3. The van der Waals surface area contributed by atoms with Gasteiger partial charge in [-0.1, -0.05) is 60.4 Å². The largest absolute Gasteiger partial charge is 0.324 e. The van der Waals surface area contributed by atoms with E-state index in [2.05, 4.69) is 22.4 Å². The Balaban J connectivity index is 1.65. The molecule has 4 aromatic rings. The first-order valence-corrected chi connectivity index (χ1v) is 11.5. The van der Waals surface area contributed by atoms with Gasteiger partial charge in [-0.2, -0.15) is 0 Å². The Labute approximate surface area is 192 Å². The quantitative estimate of drug-likeness (QED) is 0.385. The van der Waals surface area contributed by atoms with Crippen molar-refractivity contribution in [2.24, 2.45) is 0 Å². The van der Waals surface area contributed by atoms with E-state index in [0.717, 1.165) is 12.8 Å². The van der Waals surface area contributed by atoms with Crippen molar-refractivity contribution in [2.75, 3.05) is 11.1 Å². The van der Waals surface area contributed by atoms with Crippen molar-refractivity contribution in [1.82, 2.24) is 19.2 Å². The molecule has 2 aromatic heterocycles. The van der Waals surface area contributed by atoms with Gasteiger partial charge in [0.15, 0.2) is 5.16 Å². The summed E-state index contributed by atoms with van der Waals surface area (Å²) in [6.07, 6.45) is 1.81. The third-order valence-corrected chi connectivity index (χ3v) is 6.24. The highest BCUT2D eigenvalue weighted by molar-refractivity contribution is 7.99. The summed E-state index contributed by atoms with van der Waals surface area (Å²) in [6.45, 7) is 2.62. The molecule has 4 rings (SSSR count). The highest BCUT2D eigenvalue weighted by Gasteiger charge is 2.17. The number of amides is 1. The molecule has 0 atom stereocenters. The number of rotatable bonds is 7. The van der Waals surface area contributed by atoms with Crippen molar-refractivity contribution in [1.29, 1.82) is 0 Å². The Kier molecular flexibility index (Phi) is 6.50. The molecule has 0 aliphatic carbocycles. The van der Waals surface area contributed by atoms with Crippen LogP contribution in [-0.2, 0) is 11.3 Å². The van der Waals surface area contributed by atoms with Crippen LogP contribution in [-0.4, -0.2) is 30.8 Å². The normalized spacial score (nSPS) is 11.3. The van der Waals surface area contributed by atoms with Crippen molar-refractivity contribution in [3.63, 3.8) is 0 Å². The summed E-state index contributed by atoms with van der Waals surface area (Å²) in [5.74, 6) is 0.305. The van der Waals surface area contributed by atoms with E-state index in [0.29, 0.717) is 44.1 Å². The number of anilines is 1. The maximum Gasteiger partial charge on any atom is 0.262 e. The van der Waals surface area contributed by atoms with Gasteiger partial charge in [-0.05, 0) is 36.8 Å². The number of unbranched alkanes of at least 4 members (excludes halogenated alkanes) is 1. The summed E-state index contributed by atoms with van der Waals surface area (Å²) in [7, 11) is 0. The monoisotopic (exact) mass is 475 g/mol. The standard InChI is InChI=1S/C21H19Cl2N5O2S/c1-2-3-10-27-19(30)14-6-4-5-7-17(14)28-20(27)25-26-21(28)31-12-18(29)24-16-11-13(22)8-9-15(16)23/h4-9,11H,2-3,10,12H2,1H3,(H,24,29). The van der Waals surface area contributed by atoms with Crippen molar-refractivity contribution < 1.29 is 4.79 Å². The molecule has 1 N–H and O–H groups in total. The number of carbonyl (C=O) groups is 1. The zero-order valence-corrected chi connectivity index (χ0v) is 19.0. The fourth-order valence-corrected chi connectivity index (χ4v) is 4.33. The van der Waals surface area contributed by atoms with Gasteiger partial charge in [0, 0.05) is 11.6 Å². The molecule has 0 spiro atoms. The van der Waals surface area contributed by atoms with Gasteiger partial charge in [0.05, 0.1) is 27.4 Å². The summed E-state index contributed by atoms with van der Waals surface area (Å²) in [5.41, 5.74) is 1.07. The van der Waals surface area contributed by atoms with Gasteiger partial charge >= 0.3 is 0 Å². The highest BCUT2D eigenvalue weighted by atomic mass is 35.5. The molecule has 31 heavy (non-hydrogen) atoms. The smallest absolute Gasteiger partial charge is 0.262 e. The number of para-hydroxylation sites is 1. The highest BCUT2D eigenvalue weighted by Crippen LogP contribution is 2.26. The van der Waals surface area contributed by atoms with Crippen LogP contribution in [0, 0.1) is 0 Å². The van der Waals surface area contributed by atoms with Crippen molar-refractivity contribution in [3.05, 3.63) is 62.9 Å². The minimum absolute atomic E-state index is 0.0890. The van der Waals surface area contributed by atoms with Crippen LogP contribution in [0.5, 0.6) is 0 Å². The van der Waals surface area contributed by atoms with Gasteiger partial charge in [-0.15, -0.1) is 10.2 Å². The van der Waals surface area contributed by atoms with E-state index < -0.39 is 0 Å². The number of aryl methyl sites for hydroxylation is 1. The second kappa shape index (κ2) is 9.30. The van der Waals surface area contributed by atoms with Crippen LogP contribution in [0.4, 0.5) is 5.69 Å². The predicted octanol–water partition coefficient (Wildman–Crippen LogP) is 4.88. The molecule has 10 heteroatoms. The summed E-state index contributed by atoms with van der Waals surface area (Å²) >= 11 is 13.3. The van der Waals surface area contributed by atoms with Gasteiger partial charge in [-0.3, -0.25) is 18.6 Å². The molecule has 0 saturated heterocycles. The molecule has 2 heterocycles. The molecule has 0 radical (unpaired) electrons. The maximum atomic E-state index is 13.0. The van der Waals surface area contributed by atoms with Crippen LogP contribution < -0.4 is 10.9 Å². The maximum absolute atomic E-state index is 13.0. The number of fused-ring (bicyclic) bond motifs is 3. The van der Waals surface area contributed by atoms with Gasteiger partial charge < -0.3 is 5.32 Å². The average Bonchev–Trinajstić information content (AvgIpc) is 3.19. The lowest BCUT2D eigenvalue weighted by Crippen LogP contribution is -2.23. The van der Waals surface area contributed by atoms with Crippen LogP contribution in [0.3, 0.4) is 0 Å². The van der Waals surface area contributed by atoms with E-state index in [1.165, 1.54) is 11.8 Å². The zero-order chi connectivity index (χ0) is 22.0. The number of nitrogens with zero attached hydrogens (tertiary/aromatic N) is 4. The Morgan fingerprint density at radius 2 is 1.97 bits per heavy atom. The van der Waals surface area contributed by atoms with E-state index >= 15 is 0 Å². The van der Waals surface area contributed by atoms with E-state index in [4.69, 9.17) is 23.2 Å². The van der Waals surface area contributed by atoms with Crippen molar-refractivity contribution >= 4 is 63.2 Å². The Morgan fingerprint density at radius 1 is 1.16 bits per heavy atom. The van der Waals surface area contributed by atoms with Gasteiger partial charge in [0.25, 0.3) is 5.56 Å². The SMILES string of the molecule is CCCCn1c(=O)c2ccccc2n2c(SCC(=O)Nc3cc(Cl)ccc3Cl)nnc12. The second-order valence-electron chi connectivity index (χ2n) is 6.91. The molecule has 7 nitrogen and oxygen atoms in total. The van der Waals surface area contributed by atoms with Crippen LogP contribution >= 0.6 is 35.0 Å². The van der Waals surface area contributed by atoms with Gasteiger partial charge in [0.1, 0.15) is 0 Å². The first kappa shape index (κ1) is 21.7. The number of nitrogens with one attached hydrogen (secondary N) is 1. The van der Waals surface area contributed by atoms with Crippen LogP contribution in [0.2, 0.25) is 10.0 Å². The van der Waals surface area contributed by atoms with E-state index in [1.807, 2.05) is 22.6 Å². The third kappa shape index (κ3) is 4.42. The van der Waals surface area contributed by atoms with E-state index in [9.17, 15) is 9.59 Å². The summed E-state index contributed by atoms with van der Waals surface area (Å²) in [6, 6.07) is 12.2. The second-order valence-corrected chi connectivity index (χ2v) is 8.69. The number of benzene rings is 2. The molecule has 0 saturated carbocycles. The number of halogens is 2. The topological polar surface area (TPSA) is 81.3 Å². The molecular formula is C21H19Cl2N5O2S. The first-order chi connectivity index (χ1) is 15.0. The number of aromatic nitrogens is 4. The predicted molar refractivity (Wildman–Crippen MR) is 125 cm³/mol. The molecule has 0 aliphatic rings. The molecule has 2 aromatic carbocycles. The molecule has 0 unspecified atom stereocenters. The van der Waals surface area contributed by atoms with Gasteiger partial charge in [0.2, 0.25) is 11.7 Å². The van der Waals surface area contributed by atoms with Crippen LogP contribution in [0.25, 0.3) is 16.7 Å². The summed E-state index contributed by atoms with van der Waals surface area (Å²) in [4.78, 5) is 25.5. The molecule has 1 amide bonds. The fraction of sp³-hybridized carbons (Fsp3) is 0.238. The lowest BCUT2D eigenvalue weighted by molar-refractivity contribution is -0.113. The van der Waals surface area contributed by atoms with Crippen LogP contribution in [0.1, 0.15) is 19.8 Å². The Hall–Kier alpha value is -2.55. The lowest BCUT2D eigenvalue weighted by Gasteiger charge is -2.11. The van der Waals surface area contributed by atoms with Crippen molar-refractivity contribution in [2.45, 2.75) is 31.5 Å². The van der Waals surface area contributed by atoms with Crippen molar-refractivity contribution in [3.8, 4) is 0 Å². The Morgan fingerprint density at radius 3 is 2.77 bits per heavy atom. The Bertz CT molecular complexity index is 1330. The van der Waals surface area contributed by atoms with E-state index in [1.54, 1.807) is 28.8 Å². The molecule has 0 aliphatic heterocycles. The number of hydrogen-bond donors (Lipinski definition) is 1. The lowest BCUT2D eigenvalue weighted by atomic mass is 10.2. The fourth-order valence-electron chi connectivity index (χ4n) is 3.25. The first-order valence-electron chi connectivity index (χ1n) is 9.74. The average molecular weight is 476 g/mol. The number of carbonyl (C=O) groups excluding carboxylic acids is 1. The summed E-state index contributed by atoms with van der Waals surface area (Å²) < 4.78 is 3.48. The number of hydrogen-bond acceptors (Lipinski definition) is 5. The zero-order valence-electron chi connectivity index (χ0n) is 16.6. The minimum Gasteiger partial charge on any atom is -0.324 e. The molecule has 160 valence electrons.